The van der Waals surface area contributed by atoms with Gasteiger partial charge >= 0.3 is 12.1 Å². The molecule has 0 saturated carbocycles. The van der Waals surface area contributed by atoms with E-state index >= 15 is 0 Å². The maximum atomic E-state index is 12.0. The Bertz CT molecular complexity index is 980. The Kier molecular flexibility index (Phi) is 8.09. The topological polar surface area (TPSA) is 102 Å². The van der Waals surface area contributed by atoms with Gasteiger partial charge in [0, 0.05) is 51.9 Å². The second-order valence-corrected chi connectivity index (χ2v) is 8.76. The summed E-state index contributed by atoms with van der Waals surface area (Å²) in [6, 6.07) is 3.34. The Morgan fingerprint density at radius 1 is 1.18 bits per heavy atom. The predicted molar refractivity (Wildman–Crippen MR) is 124 cm³/mol. The molecule has 0 N–H and O–H groups in total. The number of Topliss-reactive ketones (excluding diaryl/α,β-unsaturated/α-hetero) is 1. The number of ketones is 1. The normalized spacial score (nSPS) is 17.4. The molecular weight excluding hydrogens is 440 g/mol. The number of carbonyl (C=O) groups excluding carboxylic acids is 4. The molecule has 9 heteroatoms. The zero-order valence-corrected chi connectivity index (χ0v) is 20.1. The van der Waals surface area contributed by atoms with Crippen LogP contribution in [0.1, 0.15) is 56.0 Å². The van der Waals surface area contributed by atoms with Gasteiger partial charge in [0.05, 0.1) is 18.7 Å². The molecule has 2 heterocycles. The Hall–Kier alpha value is -3.20. The van der Waals surface area contributed by atoms with Gasteiger partial charge in [-0.3, -0.25) is 14.4 Å². The first kappa shape index (κ1) is 25.4. The van der Waals surface area contributed by atoms with E-state index in [0.717, 1.165) is 26.1 Å². The number of carbonyl (C=O) groups is 4. The molecule has 0 aliphatic carbocycles. The number of nitrogens with zero attached hydrogens (tertiary/aromatic N) is 2. The summed E-state index contributed by atoms with van der Waals surface area (Å²) in [7, 11) is 0. The summed E-state index contributed by atoms with van der Waals surface area (Å²) in [6.07, 6.45) is 3.65. The minimum atomic E-state index is -0.569. The largest absolute Gasteiger partial charge is 0.493 e. The fourth-order valence-corrected chi connectivity index (χ4v) is 4.40. The number of imide groups is 1. The van der Waals surface area contributed by atoms with Gasteiger partial charge in [0.2, 0.25) is 5.91 Å². The first-order valence-electron chi connectivity index (χ1n) is 11.5. The molecule has 0 radical (unpaired) electrons. The first-order chi connectivity index (χ1) is 16.2. The van der Waals surface area contributed by atoms with E-state index in [0.29, 0.717) is 49.3 Å². The number of allylic oxidation sites excluding steroid dienone is 1. The third kappa shape index (κ3) is 5.83. The summed E-state index contributed by atoms with van der Waals surface area (Å²) >= 11 is 0. The minimum absolute atomic E-state index is 0.199. The van der Waals surface area contributed by atoms with Crippen molar-refractivity contribution in [2.75, 3.05) is 32.8 Å². The van der Waals surface area contributed by atoms with Gasteiger partial charge in [0.25, 0.3) is 0 Å². The van der Waals surface area contributed by atoms with Crippen LogP contribution >= 0.6 is 0 Å². The molecule has 0 unspecified atom stereocenters. The zero-order valence-electron chi connectivity index (χ0n) is 20.1. The van der Waals surface area contributed by atoms with Gasteiger partial charge in [-0.2, -0.15) is 0 Å². The fraction of sp³-hybridized carbons (Fsp3) is 0.520. The molecular formula is C25H32N2O7. The van der Waals surface area contributed by atoms with Gasteiger partial charge in [0.15, 0.2) is 5.78 Å². The summed E-state index contributed by atoms with van der Waals surface area (Å²) in [5, 5.41) is 0. The van der Waals surface area contributed by atoms with E-state index in [-0.39, 0.29) is 17.4 Å². The summed E-state index contributed by atoms with van der Waals surface area (Å²) in [6.45, 7) is 11.0. The Morgan fingerprint density at radius 2 is 1.88 bits per heavy atom. The van der Waals surface area contributed by atoms with Crippen LogP contribution in [0.25, 0.3) is 0 Å². The molecule has 9 nitrogen and oxygen atoms in total. The van der Waals surface area contributed by atoms with Crippen molar-refractivity contribution in [1.29, 1.82) is 0 Å². The smallest absolute Gasteiger partial charge is 0.417 e. The van der Waals surface area contributed by atoms with Crippen molar-refractivity contribution in [2.45, 2.75) is 52.1 Å². The van der Waals surface area contributed by atoms with Crippen LogP contribution in [-0.4, -0.2) is 71.9 Å². The number of rotatable bonds is 9. The summed E-state index contributed by atoms with van der Waals surface area (Å²) in [4.78, 5) is 50.6. The van der Waals surface area contributed by atoms with Gasteiger partial charge in [-0.25, -0.2) is 9.69 Å². The summed E-state index contributed by atoms with van der Waals surface area (Å²) in [5.41, 5.74) is 0.384. The van der Waals surface area contributed by atoms with Crippen LogP contribution in [-0.2, 0) is 20.7 Å². The van der Waals surface area contributed by atoms with Crippen LogP contribution in [0.15, 0.2) is 24.8 Å². The van der Waals surface area contributed by atoms with E-state index < -0.39 is 17.7 Å². The molecule has 1 aromatic rings. The highest BCUT2D eigenvalue weighted by atomic mass is 16.6. The lowest BCUT2D eigenvalue weighted by Crippen LogP contribution is -2.47. The average molecular weight is 473 g/mol. The molecule has 2 saturated heterocycles. The highest BCUT2D eigenvalue weighted by molar-refractivity contribution is 5.98. The number of hydrogen-bond acceptors (Lipinski definition) is 8. The lowest BCUT2D eigenvalue weighted by Gasteiger charge is -2.37. The van der Waals surface area contributed by atoms with Crippen molar-refractivity contribution in [2.24, 2.45) is 0 Å². The third-order valence-corrected chi connectivity index (χ3v) is 6.19. The molecule has 2 aliphatic heterocycles. The maximum absolute atomic E-state index is 12.0. The second-order valence-electron chi connectivity index (χ2n) is 8.76. The molecule has 1 aromatic carbocycles. The van der Waals surface area contributed by atoms with Gasteiger partial charge < -0.3 is 19.1 Å². The second kappa shape index (κ2) is 10.8. The standard InChI is InChI=1S/C25H32N2O7/c1-5-7-21-22(9-8-20(17(2)28)23(21)33-19(4)30)32-15-6-12-26-13-10-25(11-14-26)16-27(18(3)29)24(31)34-25/h5,8-9H,1,6-7,10-16H2,2-4H3. The van der Waals surface area contributed by atoms with Crippen LogP contribution in [0.3, 0.4) is 0 Å². The number of piperidine rings is 1. The van der Waals surface area contributed by atoms with Crippen LogP contribution in [0.5, 0.6) is 11.5 Å². The summed E-state index contributed by atoms with van der Waals surface area (Å²) < 4.78 is 16.9. The number of likely N-dealkylation sites (tertiary alicyclic amines) is 1. The highest BCUT2D eigenvalue weighted by Crippen LogP contribution is 2.35. The third-order valence-electron chi connectivity index (χ3n) is 6.19. The molecule has 0 aromatic heterocycles. The Labute approximate surface area is 199 Å². The van der Waals surface area contributed by atoms with Crippen molar-refractivity contribution in [3.8, 4) is 11.5 Å². The lowest BCUT2D eigenvalue weighted by atomic mass is 9.91. The van der Waals surface area contributed by atoms with Crippen LogP contribution in [0, 0.1) is 0 Å². The molecule has 2 aliphatic rings. The fourth-order valence-electron chi connectivity index (χ4n) is 4.40. The van der Waals surface area contributed by atoms with E-state index in [2.05, 4.69) is 11.5 Å². The molecule has 1 spiro atoms. The minimum Gasteiger partial charge on any atom is -0.493 e. The molecule has 184 valence electrons. The van der Waals surface area contributed by atoms with Crippen molar-refractivity contribution >= 4 is 23.8 Å². The Morgan fingerprint density at radius 3 is 2.44 bits per heavy atom. The predicted octanol–water partition coefficient (Wildman–Crippen LogP) is 3.15. The number of benzene rings is 1. The van der Waals surface area contributed by atoms with Crippen LogP contribution in [0.2, 0.25) is 0 Å². The van der Waals surface area contributed by atoms with E-state index in [4.69, 9.17) is 14.2 Å². The maximum Gasteiger partial charge on any atom is 0.417 e. The van der Waals surface area contributed by atoms with Crippen molar-refractivity contribution in [3.63, 3.8) is 0 Å². The molecule has 2 fully saturated rings. The number of esters is 1. The monoisotopic (exact) mass is 472 g/mol. The quantitative estimate of drug-likeness (QED) is 0.178. The average Bonchev–Trinajstić information content (AvgIpc) is 3.10. The molecule has 0 atom stereocenters. The van der Waals surface area contributed by atoms with Gasteiger partial charge in [-0.05, 0) is 31.9 Å². The van der Waals surface area contributed by atoms with E-state index in [1.165, 1.54) is 25.7 Å². The number of amides is 2. The van der Waals surface area contributed by atoms with Gasteiger partial charge in [-0.15, -0.1) is 6.58 Å². The molecule has 34 heavy (non-hydrogen) atoms. The lowest BCUT2D eigenvalue weighted by molar-refractivity contribution is -0.132. The molecule has 0 bridgehead atoms. The van der Waals surface area contributed by atoms with Crippen molar-refractivity contribution in [1.82, 2.24) is 9.80 Å². The van der Waals surface area contributed by atoms with Crippen LogP contribution in [0.4, 0.5) is 4.79 Å². The number of hydrogen-bond donors (Lipinski definition) is 0. The first-order valence-corrected chi connectivity index (χ1v) is 11.5. The highest BCUT2D eigenvalue weighted by Gasteiger charge is 2.48. The van der Waals surface area contributed by atoms with Crippen molar-refractivity contribution in [3.05, 3.63) is 35.9 Å². The number of ether oxygens (including phenoxy) is 3. The SMILES string of the molecule is C=CCc1c(OCCCN2CCC3(CC2)CN(C(C)=O)C(=O)O3)ccc(C(C)=O)c1OC(C)=O. The van der Waals surface area contributed by atoms with E-state index in [1.807, 2.05) is 0 Å². The zero-order chi connectivity index (χ0) is 24.9. The Balaban J connectivity index is 1.55. The van der Waals surface area contributed by atoms with Crippen LogP contribution < -0.4 is 9.47 Å². The van der Waals surface area contributed by atoms with E-state index in [1.54, 1.807) is 18.2 Å². The van der Waals surface area contributed by atoms with Gasteiger partial charge in [0.1, 0.15) is 17.1 Å². The van der Waals surface area contributed by atoms with E-state index in [9.17, 15) is 19.2 Å². The molecule has 2 amide bonds. The van der Waals surface area contributed by atoms with Gasteiger partial charge in [-0.1, -0.05) is 6.08 Å². The van der Waals surface area contributed by atoms with Crippen molar-refractivity contribution < 1.29 is 33.4 Å². The molecule has 3 rings (SSSR count). The summed E-state index contributed by atoms with van der Waals surface area (Å²) in [5.74, 6) is -0.210.